The number of halogens is 1. The minimum absolute atomic E-state index is 0.0499. The van der Waals surface area contributed by atoms with E-state index in [0.717, 1.165) is 11.4 Å². The number of hydrogen-bond donors (Lipinski definition) is 1. The molecule has 0 saturated heterocycles. The molecule has 1 aromatic carbocycles. The molecule has 0 radical (unpaired) electrons. The van der Waals surface area contributed by atoms with Gasteiger partial charge in [0, 0.05) is 17.4 Å². The third kappa shape index (κ3) is 4.13. The number of carbonyl (C=O) groups excluding carboxylic acids is 1. The quantitative estimate of drug-likeness (QED) is 0.531. The Hall–Kier alpha value is -3.23. The first kappa shape index (κ1) is 19.1. The number of nitrogens with zero attached hydrogens (tertiary/aromatic N) is 4. The van der Waals surface area contributed by atoms with Crippen LogP contribution in [0.4, 0.5) is 0 Å². The molecule has 0 atom stereocenters. The molecule has 0 saturated carbocycles. The Labute approximate surface area is 175 Å². The molecule has 146 valence electrons. The van der Waals surface area contributed by atoms with E-state index in [0.29, 0.717) is 20.5 Å². The summed E-state index contributed by atoms with van der Waals surface area (Å²) >= 11 is 7.08. The number of thiophene rings is 1. The van der Waals surface area contributed by atoms with Crippen molar-refractivity contribution in [2.75, 3.05) is 0 Å². The highest BCUT2D eigenvalue weighted by atomic mass is 35.5. The molecule has 7 nitrogen and oxygen atoms in total. The van der Waals surface area contributed by atoms with Gasteiger partial charge in [0.1, 0.15) is 5.69 Å². The fourth-order valence-electron chi connectivity index (χ4n) is 2.77. The molecular formula is C20H16ClN5O2S. The van der Waals surface area contributed by atoms with Gasteiger partial charge in [-0.15, -0.1) is 16.4 Å². The van der Waals surface area contributed by atoms with Crippen LogP contribution in [0, 0.1) is 6.92 Å². The Morgan fingerprint density at radius 2 is 1.90 bits per heavy atom. The number of amides is 1. The van der Waals surface area contributed by atoms with E-state index in [4.69, 9.17) is 11.6 Å². The molecule has 1 amide bonds. The molecule has 0 bridgehead atoms. The number of aryl methyl sites for hydroxylation is 1. The maximum Gasteiger partial charge on any atom is 0.261 e. The SMILES string of the molecule is Cc1cccn(-c2ccc(-n3cc(CNC(=O)c4ccc(Cl)s4)nn3)cc2)c1=O. The van der Waals surface area contributed by atoms with Gasteiger partial charge >= 0.3 is 0 Å². The molecular weight excluding hydrogens is 410 g/mol. The number of hydrogen-bond acceptors (Lipinski definition) is 5. The van der Waals surface area contributed by atoms with Crippen molar-refractivity contribution in [2.24, 2.45) is 0 Å². The second-order valence-corrected chi connectivity index (χ2v) is 8.04. The van der Waals surface area contributed by atoms with Crippen LogP contribution in [0.5, 0.6) is 0 Å². The van der Waals surface area contributed by atoms with Crippen LogP contribution in [0.3, 0.4) is 0 Å². The van der Waals surface area contributed by atoms with Gasteiger partial charge in [0.25, 0.3) is 11.5 Å². The Bertz CT molecular complexity index is 1230. The average molecular weight is 426 g/mol. The molecule has 0 aliphatic carbocycles. The van der Waals surface area contributed by atoms with E-state index in [9.17, 15) is 9.59 Å². The second kappa shape index (κ2) is 8.02. The first-order chi connectivity index (χ1) is 14.0. The Morgan fingerprint density at radius 1 is 1.14 bits per heavy atom. The van der Waals surface area contributed by atoms with E-state index in [1.165, 1.54) is 11.3 Å². The molecule has 3 heterocycles. The van der Waals surface area contributed by atoms with Crippen molar-refractivity contribution in [1.29, 1.82) is 0 Å². The fourth-order valence-corrected chi connectivity index (χ4v) is 3.73. The molecule has 0 fully saturated rings. The zero-order chi connectivity index (χ0) is 20.4. The summed E-state index contributed by atoms with van der Waals surface area (Å²) in [7, 11) is 0. The Morgan fingerprint density at radius 3 is 2.62 bits per heavy atom. The summed E-state index contributed by atoms with van der Waals surface area (Å²) in [4.78, 5) is 24.9. The number of rotatable bonds is 5. The van der Waals surface area contributed by atoms with Crippen LogP contribution in [0.1, 0.15) is 20.9 Å². The molecule has 29 heavy (non-hydrogen) atoms. The smallest absolute Gasteiger partial charge is 0.261 e. The van der Waals surface area contributed by atoms with Crippen LogP contribution in [0.15, 0.2) is 65.7 Å². The van der Waals surface area contributed by atoms with Gasteiger partial charge in [-0.05, 0) is 49.4 Å². The van der Waals surface area contributed by atoms with Gasteiger partial charge in [-0.1, -0.05) is 22.9 Å². The lowest BCUT2D eigenvalue weighted by Gasteiger charge is -2.07. The van der Waals surface area contributed by atoms with E-state index < -0.39 is 0 Å². The van der Waals surface area contributed by atoms with E-state index in [1.807, 2.05) is 30.3 Å². The molecule has 1 N–H and O–H groups in total. The number of carbonyl (C=O) groups is 1. The molecule has 4 aromatic rings. The van der Waals surface area contributed by atoms with Crippen molar-refractivity contribution >= 4 is 28.8 Å². The lowest BCUT2D eigenvalue weighted by Crippen LogP contribution is -2.21. The van der Waals surface area contributed by atoms with Gasteiger partial charge in [-0.25, -0.2) is 4.68 Å². The minimum atomic E-state index is -0.204. The number of nitrogens with one attached hydrogen (secondary N) is 1. The van der Waals surface area contributed by atoms with E-state index in [1.54, 1.807) is 46.8 Å². The number of benzene rings is 1. The number of pyridine rings is 1. The summed E-state index contributed by atoms with van der Waals surface area (Å²) < 4.78 is 3.78. The van der Waals surface area contributed by atoms with Crippen molar-refractivity contribution < 1.29 is 4.79 Å². The Balaban J connectivity index is 1.46. The summed E-state index contributed by atoms with van der Waals surface area (Å²) in [6.07, 6.45) is 3.48. The van der Waals surface area contributed by atoms with Crippen molar-refractivity contribution in [3.63, 3.8) is 0 Å². The zero-order valence-corrected chi connectivity index (χ0v) is 16.9. The molecule has 0 aliphatic rings. The maximum atomic E-state index is 12.3. The number of aromatic nitrogens is 4. The molecule has 9 heteroatoms. The normalized spacial score (nSPS) is 10.8. The summed E-state index contributed by atoms with van der Waals surface area (Å²) in [6.45, 7) is 2.04. The van der Waals surface area contributed by atoms with Crippen molar-refractivity contribution in [2.45, 2.75) is 13.5 Å². The maximum absolute atomic E-state index is 12.3. The Kier molecular flexibility index (Phi) is 5.28. The predicted molar refractivity (Wildman–Crippen MR) is 112 cm³/mol. The zero-order valence-electron chi connectivity index (χ0n) is 15.4. The summed E-state index contributed by atoms with van der Waals surface area (Å²) in [6, 6.07) is 14.4. The topological polar surface area (TPSA) is 81.8 Å². The van der Waals surface area contributed by atoms with Crippen LogP contribution in [0.2, 0.25) is 4.34 Å². The lowest BCUT2D eigenvalue weighted by molar-refractivity contribution is 0.0954. The van der Waals surface area contributed by atoms with Crippen molar-refractivity contribution in [3.8, 4) is 11.4 Å². The molecule has 0 spiro atoms. The third-order valence-electron chi connectivity index (χ3n) is 4.30. The molecule has 4 rings (SSSR count). The van der Waals surface area contributed by atoms with Crippen molar-refractivity contribution in [1.82, 2.24) is 24.9 Å². The average Bonchev–Trinajstić information content (AvgIpc) is 3.38. The van der Waals surface area contributed by atoms with Crippen molar-refractivity contribution in [3.05, 3.63) is 91.7 Å². The third-order valence-corrected chi connectivity index (χ3v) is 5.53. The minimum Gasteiger partial charge on any atom is -0.346 e. The fraction of sp³-hybridized carbons (Fsp3) is 0.100. The van der Waals surface area contributed by atoms with Gasteiger partial charge < -0.3 is 5.32 Å². The molecule has 0 unspecified atom stereocenters. The lowest BCUT2D eigenvalue weighted by atomic mass is 10.2. The van der Waals surface area contributed by atoms with Crippen LogP contribution >= 0.6 is 22.9 Å². The molecule has 0 aliphatic heterocycles. The molecule has 3 aromatic heterocycles. The predicted octanol–water partition coefficient (Wildman–Crippen LogP) is 3.37. The van der Waals surface area contributed by atoms with Gasteiger partial charge in [-0.3, -0.25) is 14.2 Å². The summed E-state index contributed by atoms with van der Waals surface area (Å²) in [5.41, 5.74) is 2.82. The van der Waals surface area contributed by atoms with Gasteiger partial charge in [0.2, 0.25) is 0 Å². The summed E-state index contributed by atoms with van der Waals surface area (Å²) in [5.74, 6) is -0.204. The van der Waals surface area contributed by atoms with E-state index in [2.05, 4.69) is 15.6 Å². The van der Waals surface area contributed by atoms with Crippen LogP contribution in [-0.2, 0) is 6.54 Å². The highest BCUT2D eigenvalue weighted by Gasteiger charge is 2.10. The van der Waals surface area contributed by atoms with Gasteiger partial charge in [-0.2, -0.15) is 0 Å². The first-order valence-electron chi connectivity index (χ1n) is 8.75. The first-order valence-corrected chi connectivity index (χ1v) is 9.94. The standard InChI is InChI=1S/C20H16ClN5O2S/c1-13-3-2-10-25(20(13)28)15-4-6-16(7-5-15)26-12-14(23-24-26)11-22-19(27)17-8-9-18(21)29-17/h2-10,12H,11H2,1H3,(H,22,27). The summed E-state index contributed by atoms with van der Waals surface area (Å²) in [5, 5.41) is 11.0. The van der Waals surface area contributed by atoms with Gasteiger partial charge in [0.15, 0.2) is 0 Å². The monoisotopic (exact) mass is 425 g/mol. The van der Waals surface area contributed by atoms with E-state index >= 15 is 0 Å². The van der Waals surface area contributed by atoms with Crippen LogP contribution in [0.25, 0.3) is 11.4 Å². The largest absolute Gasteiger partial charge is 0.346 e. The highest BCUT2D eigenvalue weighted by molar-refractivity contribution is 7.17. The second-order valence-electron chi connectivity index (χ2n) is 6.32. The van der Waals surface area contributed by atoms with Gasteiger partial charge in [0.05, 0.1) is 27.6 Å². The van der Waals surface area contributed by atoms with Crippen LogP contribution < -0.4 is 10.9 Å². The highest BCUT2D eigenvalue weighted by Crippen LogP contribution is 2.21. The van der Waals surface area contributed by atoms with E-state index in [-0.39, 0.29) is 18.0 Å². The van der Waals surface area contributed by atoms with Crippen LogP contribution in [-0.4, -0.2) is 25.5 Å².